The molecule has 0 rings (SSSR count). The van der Waals surface area contributed by atoms with Crippen molar-refractivity contribution >= 4 is 35.6 Å². The molecule has 0 heterocycles. The van der Waals surface area contributed by atoms with Crippen LogP contribution in [0.15, 0.2) is 25.3 Å². The van der Waals surface area contributed by atoms with Crippen molar-refractivity contribution in [1.82, 2.24) is 0 Å². The van der Waals surface area contributed by atoms with E-state index in [9.17, 15) is 44.1 Å². The van der Waals surface area contributed by atoms with Crippen LogP contribution in [-0.2, 0) is 38.2 Å². The molecule has 0 aliphatic carbocycles. The van der Waals surface area contributed by atoms with Crippen LogP contribution in [0.2, 0.25) is 0 Å². The highest BCUT2D eigenvalue weighted by Gasteiger charge is 2.68. The lowest BCUT2D eigenvalue weighted by molar-refractivity contribution is -0.236. The molecule has 41 heavy (non-hydrogen) atoms. The lowest BCUT2D eigenvalue weighted by Crippen LogP contribution is -2.71. The summed E-state index contributed by atoms with van der Waals surface area (Å²) in [6.45, 7) is 11.7. The highest BCUT2D eigenvalue weighted by atomic mass is 16.6. The van der Waals surface area contributed by atoms with Crippen LogP contribution in [0, 0.1) is 10.8 Å². The molecule has 0 spiro atoms. The third-order valence-electron chi connectivity index (χ3n) is 6.84. The molecule has 0 aliphatic heterocycles. The summed E-state index contributed by atoms with van der Waals surface area (Å²) in [5, 5.41) is 51.8. The van der Waals surface area contributed by atoms with Gasteiger partial charge in [0.15, 0.2) is 16.8 Å². The van der Waals surface area contributed by atoms with Gasteiger partial charge in [-0.15, -0.1) is 0 Å². The van der Waals surface area contributed by atoms with Gasteiger partial charge in [0.25, 0.3) is 0 Å². The Morgan fingerprint density at radius 2 is 1.10 bits per heavy atom. The molecule has 0 aliphatic rings. The van der Waals surface area contributed by atoms with Crippen LogP contribution in [0.3, 0.4) is 0 Å². The molecule has 4 unspecified atom stereocenters. The number of carboxylic acid groups (broad SMARTS) is 3. The van der Waals surface area contributed by atoms with Crippen LogP contribution in [0.5, 0.6) is 0 Å². The number of ketones is 1. The van der Waals surface area contributed by atoms with Crippen molar-refractivity contribution in [2.45, 2.75) is 103 Å². The van der Waals surface area contributed by atoms with Crippen molar-refractivity contribution in [2.75, 3.05) is 0 Å². The molecular weight excluding hydrogens is 544 g/mol. The Bertz CT molecular complexity index is 945. The van der Waals surface area contributed by atoms with Crippen LogP contribution in [0.4, 0.5) is 0 Å². The maximum atomic E-state index is 13.8. The number of hydrogen-bond donors (Lipinski definition) is 5. The minimum Gasteiger partial charge on any atom is -0.481 e. The zero-order valence-corrected chi connectivity index (χ0v) is 24.0. The molecule has 0 saturated heterocycles. The average molecular weight is 587 g/mol. The number of carbonyl (C=O) groups is 6. The predicted molar refractivity (Wildman–Crippen MR) is 144 cm³/mol. The molecular formula is C28H42O13. The molecule has 0 bridgehead atoms. The first kappa shape index (κ1) is 37.4. The first-order chi connectivity index (χ1) is 18.8. The van der Waals surface area contributed by atoms with Gasteiger partial charge in [-0.3, -0.25) is 19.2 Å². The summed E-state index contributed by atoms with van der Waals surface area (Å²) >= 11 is 0. The van der Waals surface area contributed by atoms with Crippen LogP contribution < -0.4 is 0 Å². The Balaban J connectivity index is 7.38. The molecule has 13 heteroatoms. The molecule has 5 N–H and O–H groups in total. The maximum absolute atomic E-state index is 13.8. The third-order valence-corrected chi connectivity index (χ3v) is 6.84. The number of aliphatic carboxylic acids is 3. The number of aliphatic hydroxyl groups is 2. The second-order valence-electron chi connectivity index (χ2n) is 10.9. The standard InChI is InChI=1S/C28H42O13/c1-7-21(33)40-17(13-9-11-15-19(29)30)28(39,18(41-22(34)8-2)14-10-12-16-20(31)32)27(6,25(37)38)24(36)23(35)26(3,4)5/h7-8,17-18,23,35,39H,1-2,9-16H2,3-6H3,(H,29,30)(H,31,32)(H,37,38). The van der Waals surface area contributed by atoms with Crippen molar-refractivity contribution in [3.05, 3.63) is 25.3 Å². The van der Waals surface area contributed by atoms with E-state index in [0.717, 1.165) is 6.92 Å². The van der Waals surface area contributed by atoms with Crippen molar-refractivity contribution in [3.8, 4) is 0 Å². The highest BCUT2D eigenvalue weighted by Crippen LogP contribution is 2.46. The lowest BCUT2D eigenvalue weighted by atomic mass is 9.60. The second-order valence-corrected chi connectivity index (χ2v) is 10.9. The summed E-state index contributed by atoms with van der Waals surface area (Å²) < 4.78 is 10.7. The number of esters is 2. The number of ether oxygens (including phenoxy) is 2. The lowest BCUT2D eigenvalue weighted by Gasteiger charge is -2.49. The van der Waals surface area contributed by atoms with Crippen molar-refractivity contribution in [2.24, 2.45) is 10.8 Å². The van der Waals surface area contributed by atoms with Gasteiger partial charge in [-0.1, -0.05) is 33.9 Å². The molecule has 232 valence electrons. The Labute approximate surface area is 238 Å². The number of aliphatic hydroxyl groups excluding tert-OH is 1. The zero-order chi connectivity index (χ0) is 32.2. The number of Topliss-reactive ketones (excluding diaryl/α,β-unsaturated/α-hetero) is 1. The van der Waals surface area contributed by atoms with E-state index < -0.39 is 70.4 Å². The minimum atomic E-state index is -3.06. The molecule has 0 aromatic rings. The number of carboxylic acids is 3. The summed E-state index contributed by atoms with van der Waals surface area (Å²) in [7, 11) is 0. The monoisotopic (exact) mass is 586 g/mol. The van der Waals surface area contributed by atoms with Crippen molar-refractivity contribution < 1.29 is 63.8 Å². The molecule has 13 nitrogen and oxygen atoms in total. The summed E-state index contributed by atoms with van der Waals surface area (Å²) in [4.78, 5) is 73.5. The SMILES string of the molecule is C=CC(=O)OC(CCCCC(=O)O)C(O)(C(CCCCC(=O)O)OC(=O)C=C)C(C)(C(=O)O)C(=O)C(O)C(C)(C)C. The minimum absolute atomic E-state index is 0.00558. The molecule has 0 aromatic carbocycles. The fraction of sp³-hybridized carbons (Fsp3) is 0.643. The second kappa shape index (κ2) is 16.0. The molecule has 4 atom stereocenters. The summed E-state index contributed by atoms with van der Waals surface area (Å²) in [5.41, 5.74) is -7.28. The van der Waals surface area contributed by atoms with Gasteiger partial charge in [0, 0.05) is 25.0 Å². The van der Waals surface area contributed by atoms with E-state index in [0.29, 0.717) is 12.2 Å². The van der Waals surface area contributed by atoms with Gasteiger partial charge in [0.05, 0.1) is 0 Å². The Hall–Kier alpha value is -3.58. The molecule has 0 aromatic heterocycles. The summed E-state index contributed by atoms with van der Waals surface area (Å²) in [6, 6.07) is 0. The van der Waals surface area contributed by atoms with Gasteiger partial charge >= 0.3 is 29.8 Å². The summed E-state index contributed by atoms with van der Waals surface area (Å²) in [5.74, 6) is -7.88. The van der Waals surface area contributed by atoms with Gasteiger partial charge in [0.1, 0.15) is 18.3 Å². The van der Waals surface area contributed by atoms with E-state index in [2.05, 4.69) is 13.2 Å². The fourth-order valence-corrected chi connectivity index (χ4v) is 4.32. The average Bonchev–Trinajstić information content (AvgIpc) is 2.88. The van der Waals surface area contributed by atoms with Crippen molar-refractivity contribution in [1.29, 1.82) is 0 Å². The number of carbonyl (C=O) groups excluding carboxylic acids is 3. The number of unbranched alkanes of at least 4 members (excludes halogenated alkanes) is 2. The number of hydrogen-bond acceptors (Lipinski definition) is 10. The Morgan fingerprint density at radius 1 is 0.732 bits per heavy atom. The molecule has 0 fully saturated rings. The van der Waals surface area contributed by atoms with Gasteiger partial charge < -0.3 is 35.0 Å². The first-order valence-corrected chi connectivity index (χ1v) is 13.1. The number of rotatable bonds is 20. The van der Waals surface area contributed by atoms with Gasteiger partial charge in [-0.2, -0.15) is 0 Å². The van der Waals surface area contributed by atoms with Crippen LogP contribution >= 0.6 is 0 Å². The van der Waals surface area contributed by atoms with Crippen LogP contribution in [0.1, 0.15) is 79.1 Å². The van der Waals surface area contributed by atoms with E-state index in [1.807, 2.05) is 0 Å². The van der Waals surface area contributed by atoms with Gasteiger partial charge in [0.2, 0.25) is 0 Å². The smallest absolute Gasteiger partial charge is 0.330 e. The summed E-state index contributed by atoms with van der Waals surface area (Å²) in [6.07, 6.45) is -5.83. The van der Waals surface area contributed by atoms with Crippen LogP contribution in [0.25, 0.3) is 0 Å². The fourth-order valence-electron chi connectivity index (χ4n) is 4.32. The predicted octanol–water partition coefficient (Wildman–Crippen LogP) is 2.27. The maximum Gasteiger partial charge on any atom is 0.330 e. The normalized spacial score (nSPS) is 16.5. The van der Waals surface area contributed by atoms with Crippen molar-refractivity contribution in [3.63, 3.8) is 0 Å². The molecule has 0 radical (unpaired) electrons. The Kier molecular flexibility index (Phi) is 14.6. The molecule has 0 amide bonds. The van der Waals surface area contributed by atoms with E-state index in [1.165, 1.54) is 20.8 Å². The highest BCUT2D eigenvalue weighted by molar-refractivity contribution is 6.06. The largest absolute Gasteiger partial charge is 0.481 e. The van der Waals surface area contributed by atoms with E-state index in [4.69, 9.17) is 19.7 Å². The topological polar surface area (TPSA) is 222 Å². The van der Waals surface area contributed by atoms with E-state index in [1.54, 1.807) is 0 Å². The quantitative estimate of drug-likeness (QED) is 0.0598. The Morgan fingerprint density at radius 3 is 1.37 bits per heavy atom. The van der Waals surface area contributed by atoms with Gasteiger partial charge in [-0.05, 0) is 50.9 Å². The molecule has 0 saturated carbocycles. The third kappa shape index (κ3) is 10.1. The van der Waals surface area contributed by atoms with Gasteiger partial charge in [-0.25, -0.2) is 9.59 Å². The van der Waals surface area contributed by atoms with Crippen LogP contribution in [-0.4, -0.2) is 85.1 Å². The van der Waals surface area contributed by atoms with E-state index >= 15 is 0 Å². The first-order valence-electron chi connectivity index (χ1n) is 13.1. The van der Waals surface area contributed by atoms with E-state index in [-0.39, 0.29) is 51.4 Å². The zero-order valence-electron chi connectivity index (χ0n) is 24.0.